The predicted molar refractivity (Wildman–Crippen MR) is 138 cm³/mol. The van der Waals surface area contributed by atoms with Gasteiger partial charge < -0.3 is 14.9 Å². The third-order valence-corrected chi connectivity index (χ3v) is 7.36. The number of rotatable bonds is 15. The number of ketones is 1. The van der Waals surface area contributed by atoms with E-state index in [4.69, 9.17) is 4.74 Å². The van der Waals surface area contributed by atoms with E-state index in [-0.39, 0.29) is 18.1 Å². The normalized spacial score (nSPS) is 16.9. The maximum Gasteiger partial charge on any atom is 0.309 e. The fourth-order valence-corrected chi connectivity index (χ4v) is 4.61. The largest absolute Gasteiger partial charge is 0.458 e. The number of hydrogen-bond donors (Lipinski definition) is 2. The van der Waals surface area contributed by atoms with Gasteiger partial charge in [-0.2, -0.15) is 0 Å². The summed E-state index contributed by atoms with van der Waals surface area (Å²) in [4.78, 5) is 30.2. The Labute approximate surface area is 209 Å². The van der Waals surface area contributed by atoms with Crippen molar-refractivity contribution in [3.63, 3.8) is 0 Å². The molecule has 0 saturated carbocycles. The van der Waals surface area contributed by atoms with Crippen molar-refractivity contribution in [1.82, 2.24) is 4.98 Å². The van der Waals surface area contributed by atoms with Gasteiger partial charge in [-0.15, -0.1) is 17.9 Å². The Morgan fingerprint density at radius 3 is 2.47 bits per heavy atom. The quantitative estimate of drug-likeness (QED) is 0.190. The third kappa shape index (κ3) is 8.75. The summed E-state index contributed by atoms with van der Waals surface area (Å²) in [7, 11) is 0. The SMILES string of the molecule is C=CCCC[C@H](C)[C@H](O)[C@@H](C)C(=O)C(C)(C)[C@H](O)CC(=O)O[C@@H](CC)/C(C)=C/c1csc(C)n1. The van der Waals surface area contributed by atoms with Crippen molar-refractivity contribution in [2.75, 3.05) is 0 Å². The monoisotopic (exact) mass is 493 g/mol. The van der Waals surface area contributed by atoms with Crippen LogP contribution in [-0.2, 0) is 14.3 Å². The van der Waals surface area contributed by atoms with Crippen LogP contribution in [0.5, 0.6) is 0 Å². The third-order valence-electron chi connectivity index (χ3n) is 6.57. The number of carbonyl (C=O) groups excluding carboxylic acids is 2. The summed E-state index contributed by atoms with van der Waals surface area (Å²) >= 11 is 1.55. The summed E-state index contributed by atoms with van der Waals surface area (Å²) in [5.74, 6) is -1.54. The first-order valence-electron chi connectivity index (χ1n) is 12.2. The fraction of sp³-hybridized carbons (Fsp3) is 0.667. The first-order chi connectivity index (χ1) is 15.8. The highest BCUT2D eigenvalue weighted by molar-refractivity contribution is 7.09. The molecule has 7 heteroatoms. The van der Waals surface area contributed by atoms with Gasteiger partial charge in [0.1, 0.15) is 11.9 Å². The molecule has 0 spiro atoms. The van der Waals surface area contributed by atoms with E-state index in [1.807, 2.05) is 45.2 Å². The van der Waals surface area contributed by atoms with Gasteiger partial charge >= 0.3 is 5.97 Å². The van der Waals surface area contributed by atoms with Gasteiger partial charge in [0.2, 0.25) is 0 Å². The number of allylic oxidation sites excluding steroid dienone is 1. The second kappa shape index (κ2) is 13.9. The van der Waals surface area contributed by atoms with Gasteiger partial charge in [0, 0.05) is 11.3 Å². The topological polar surface area (TPSA) is 96.7 Å². The summed E-state index contributed by atoms with van der Waals surface area (Å²) in [6.07, 6.45) is 4.10. The molecule has 0 aliphatic rings. The molecule has 1 aromatic heterocycles. The highest BCUT2D eigenvalue weighted by Gasteiger charge is 2.42. The molecule has 192 valence electrons. The number of unbranched alkanes of at least 4 members (excludes halogenated alkanes) is 1. The number of carbonyl (C=O) groups is 2. The molecule has 2 N–H and O–H groups in total. The number of aryl methyl sites for hydroxylation is 1. The number of aliphatic hydroxyl groups is 2. The molecule has 1 rings (SSSR count). The van der Waals surface area contributed by atoms with Gasteiger partial charge in [0.05, 0.1) is 34.7 Å². The zero-order valence-corrected chi connectivity index (χ0v) is 22.7. The van der Waals surface area contributed by atoms with Crippen molar-refractivity contribution < 1.29 is 24.5 Å². The minimum Gasteiger partial charge on any atom is -0.458 e. The molecule has 0 unspecified atom stereocenters. The van der Waals surface area contributed by atoms with Gasteiger partial charge in [-0.1, -0.05) is 40.7 Å². The average Bonchev–Trinajstić information content (AvgIpc) is 3.19. The van der Waals surface area contributed by atoms with Crippen molar-refractivity contribution in [1.29, 1.82) is 0 Å². The van der Waals surface area contributed by atoms with E-state index in [9.17, 15) is 19.8 Å². The number of nitrogens with zero attached hydrogens (tertiary/aromatic N) is 1. The van der Waals surface area contributed by atoms with Gasteiger partial charge in [-0.3, -0.25) is 9.59 Å². The van der Waals surface area contributed by atoms with Crippen LogP contribution < -0.4 is 0 Å². The molecule has 0 bridgehead atoms. The minimum absolute atomic E-state index is 0.0570. The zero-order chi connectivity index (χ0) is 26.1. The molecule has 0 saturated heterocycles. The number of esters is 1. The highest BCUT2D eigenvalue weighted by Crippen LogP contribution is 2.32. The molecule has 6 nitrogen and oxygen atoms in total. The van der Waals surface area contributed by atoms with Crippen LogP contribution in [0.3, 0.4) is 0 Å². The van der Waals surface area contributed by atoms with Crippen LogP contribution in [0, 0.1) is 24.2 Å². The molecule has 0 aromatic carbocycles. The molecule has 34 heavy (non-hydrogen) atoms. The van der Waals surface area contributed by atoms with Crippen LogP contribution in [0.15, 0.2) is 23.6 Å². The first kappa shape index (κ1) is 30.2. The lowest BCUT2D eigenvalue weighted by Gasteiger charge is -2.34. The lowest BCUT2D eigenvalue weighted by molar-refractivity contribution is -0.154. The summed E-state index contributed by atoms with van der Waals surface area (Å²) in [6, 6.07) is 0. The lowest BCUT2D eigenvalue weighted by atomic mass is 9.73. The van der Waals surface area contributed by atoms with Crippen LogP contribution in [0.4, 0.5) is 0 Å². The van der Waals surface area contributed by atoms with E-state index in [2.05, 4.69) is 11.6 Å². The van der Waals surface area contributed by atoms with E-state index < -0.39 is 35.6 Å². The number of aromatic nitrogens is 1. The Kier molecular flexibility index (Phi) is 12.4. The molecule has 5 atom stereocenters. The van der Waals surface area contributed by atoms with Crippen LogP contribution in [0.2, 0.25) is 0 Å². The smallest absolute Gasteiger partial charge is 0.309 e. The number of aliphatic hydroxyl groups excluding tert-OH is 2. The Bertz CT molecular complexity index is 844. The Morgan fingerprint density at radius 2 is 1.94 bits per heavy atom. The maximum atomic E-state index is 13.2. The van der Waals surface area contributed by atoms with E-state index in [1.54, 1.807) is 32.1 Å². The Morgan fingerprint density at radius 1 is 1.29 bits per heavy atom. The average molecular weight is 494 g/mol. The number of Topliss-reactive ketones (excluding diaryl/α,β-unsaturated/α-hetero) is 1. The van der Waals surface area contributed by atoms with E-state index in [0.717, 1.165) is 35.5 Å². The molecular formula is C27H43NO5S. The van der Waals surface area contributed by atoms with Gasteiger partial charge in [-0.05, 0) is 57.1 Å². The maximum absolute atomic E-state index is 13.2. The molecule has 1 heterocycles. The van der Waals surface area contributed by atoms with Gasteiger partial charge in [0.15, 0.2) is 0 Å². The van der Waals surface area contributed by atoms with Crippen LogP contribution >= 0.6 is 11.3 Å². The second-order valence-corrected chi connectivity index (χ2v) is 10.9. The van der Waals surface area contributed by atoms with Crippen molar-refractivity contribution in [3.8, 4) is 0 Å². The number of thiazole rings is 1. The Balaban J connectivity index is 2.76. The standard InChI is InChI=1S/C27H43NO5S/c1-9-11-12-13-17(3)25(31)19(5)26(32)27(7,8)23(29)15-24(30)33-22(10-2)18(4)14-21-16-34-20(6)28-21/h9,14,16-17,19,22-23,25,29,31H,1,10-13,15H2,2-8H3/b18-14+/t17-,19+,22-,23+,25-/m0/s1. The van der Waals surface area contributed by atoms with Crippen molar-refractivity contribution >= 4 is 29.2 Å². The molecule has 0 radical (unpaired) electrons. The zero-order valence-electron chi connectivity index (χ0n) is 21.8. The predicted octanol–water partition coefficient (Wildman–Crippen LogP) is 5.51. The van der Waals surface area contributed by atoms with Crippen molar-refractivity contribution in [2.45, 2.75) is 98.9 Å². The lowest BCUT2D eigenvalue weighted by Crippen LogP contribution is -2.45. The molecule has 0 amide bonds. The summed E-state index contributed by atoms with van der Waals surface area (Å²) in [5.41, 5.74) is 0.492. The summed E-state index contributed by atoms with van der Waals surface area (Å²) in [6.45, 7) is 16.3. The molecule has 0 aliphatic heterocycles. The highest BCUT2D eigenvalue weighted by atomic mass is 32.1. The van der Waals surface area contributed by atoms with Crippen LogP contribution in [0.1, 0.15) is 84.3 Å². The first-order valence-corrected chi connectivity index (χ1v) is 13.0. The van der Waals surface area contributed by atoms with E-state index >= 15 is 0 Å². The Hall–Kier alpha value is -1.83. The van der Waals surface area contributed by atoms with Crippen molar-refractivity contribution in [2.24, 2.45) is 17.3 Å². The van der Waals surface area contributed by atoms with Crippen LogP contribution in [-0.4, -0.2) is 45.3 Å². The second-order valence-electron chi connectivity index (χ2n) is 9.85. The fourth-order valence-electron chi connectivity index (χ4n) is 4.04. The molecule has 0 aliphatic carbocycles. The van der Waals surface area contributed by atoms with Gasteiger partial charge in [-0.25, -0.2) is 4.98 Å². The number of hydrogen-bond acceptors (Lipinski definition) is 7. The van der Waals surface area contributed by atoms with E-state index in [1.165, 1.54) is 0 Å². The minimum atomic E-state index is -1.22. The summed E-state index contributed by atoms with van der Waals surface area (Å²) < 4.78 is 5.63. The van der Waals surface area contributed by atoms with Gasteiger partial charge in [0.25, 0.3) is 0 Å². The number of ether oxygens (including phenoxy) is 1. The molecule has 0 fully saturated rings. The molecular weight excluding hydrogens is 450 g/mol. The van der Waals surface area contributed by atoms with Crippen molar-refractivity contribution in [3.05, 3.63) is 34.3 Å². The summed E-state index contributed by atoms with van der Waals surface area (Å²) in [5, 5.41) is 24.4. The van der Waals surface area contributed by atoms with Crippen LogP contribution in [0.25, 0.3) is 6.08 Å². The molecule has 1 aromatic rings. The van der Waals surface area contributed by atoms with E-state index in [0.29, 0.717) is 6.42 Å².